The Bertz CT molecular complexity index is 1150. The second kappa shape index (κ2) is 7.25. The molecular weight excluding hydrogens is 342 g/mol. The summed E-state index contributed by atoms with van der Waals surface area (Å²) in [6.07, 6.45) is 4.36. The van der Waals surface area contributed by atoms with E-state index >= 15 is 0 Å². The van der Waals surface area contributed by atoms with Gasteiger partial charge in [0, 0.05) is 18.1 Å². The van der Waals surface area contributed by atoms with Gasteiger partial charge < -0.3 is 5.32 Å². The minimum atomic E-state index is -0.321. The third kappa shape index (κ3) is 3.48. The lowest BCUT2D eigenvalue weighted by atomic mass is 10.1. The largest absolute Gasteiger partial charge is 0.350 e. The molecule has 0 aliphatic heterocycles. The maximum Gasteiger partial charge on any atom is 0.272 e. The second-order valence-corrected chi connectivity index (χ2v) is 6.08. The van der Waals surface area contributed by atoms with Gasteiger partial charge in [-0.25, -0.2) is 9.78 Å². The van der Waals surface area contributed by atoms with E-state index in [2.05, 4.69) is 20.6 Å². The highest BCUT2D eigenvalue weighted by Crippen LogP contribution is 2.12. The topological polar surface area (TPSA) is 92.7 Å². The van der Waals surface area contributed by atoms with E-state index in [0.29, 0.717) is 23.7 Å². The molecule has 2 heterocycles. The van der Waals surface area contributed by atoms with Crippen molar-refractivity contribution in [2.24, 2.45) is 0 Å². The van der Waals surface area contributed by atoms with Crippen LogP contribution in [0.1, 0.15) is 16.1 Å². The number of hydrogen-bond donors (Lipinski definition) is 2. The van der Waals surface area contributed by atoms with Gasteiger partial charge >= 0.3 is 0 Å². The van der Waals surface area contributed by atoms with Crippen LogP contribution in [0.2, 0.25) is 0 Å². The van der Waals surface area contributed by atoms with Crippen molar-refractivity contribution in [2.75, 3.05) is 6.54 Å². The molecule has 7 heteroatoms. The molecule has 2 N–H and O–H groups in total. The van der Waals surface area contributed by atoms with Crippen LogP contribution in [0.5, 0.6) is 0 Å². The molecule has 2 aromatic carbocycles. The molecule has 0 fully saturated rings. The van der Waals surface area contributed by atoms with E-state index in [0.717, 1.165) is 11.3 Å². The quantitative estimate of drug-likeness (QED) is 0.571. The number of carbonyl (C=O) groups is 1. The maximum atomic E-state index is 12.5. The summed E-state index contributed by atoms with van der Waals surface area (Å²) in [6.45, 7) is 0.439. The first-order valence-electron chi connectivity index (χ1n) is 8.57. The Kier molecular flexibility index (Phi) is 4.49. The van der Waals surface area contributed by atoms with Crippen LogP contribution in [-0.4, -0.2) is 32.4 Å². The van der Waals surface area contributed by atoms with Crippen molar-refractivity contribution >= 4 is 16.7 Å². The van der Waals surface area contributed by atoms with Crippen molar-refractivity contribution < 1.29 is 4.79 Å². The minimum absolute atomic E-state index is 0.213. The highest BCUT2D eigenvalue weighted by molar-refractivity contribution is 6.04. The maximum absolute atomic E-state index is 12.5. The standard InChI is InChI=1S/C20H17N5O2/c26-19-17-9-5-4-8-16(17)18(23-24-19)20(27)21-11-10-14-12-22-25(13-14)15-6-2-1-3-7-15/h1-9,12-13H,10-11H2,(H,21,27)(H,24,26). The molecule has 0 spiro atoms. The number of rotatable bonds is 5. The molecule has 4 aromatic rings. The summed E-state index contributed by atoms with van der Waals surface area (Å²) in [5.74, 6) is -0.321. The van der Waals surface area contributed by atoms with E-state index in [1.165, 1.54) is 0 Å². The Hall–Kier alpha value is -3.74. The molecule has 1 amide bonds. The minimum Gasteiger partial charge on any atom is -0.350 e. The number of benzene rings is 2. The van der Waals surface area contributed by atoms with Crippen molar-refractivity contribution in [1.82, 2.24) is 25.3 Å². The van der Waals surface area contributed by atoms with Crippen LogP contribution in [0.4, 0.5) is 0 Å². The van der Waals surface area contributed by atoms with E-state index in [1.54, 1.807) is 35.1 Å². The van der Waals surface area contributed by atoms with Gasteiger partial charge in [-0.1, -0.05) is 36.4 Å². The van der Waals surface area contributed by atoms with Gasteiger partial charge in [-0.2, -0.15) is 10.2 Å². The van der Waals surface area contributed by atoms with Crippen LogP contribution in [0, 0.1) is 0 Å². The second-order valence-electron chi connectivity index (χ2n) is 6.08. The number of aromatic amines is 1. The van der Waals surface area contributed by atoms with Crippen molar-refractivity contribution in [3.8, 4) is 5.69 Å². The van der Waals surface area contributed by atoms with Crippen molar-refractivity contribution in [3.63, 3.8) is 0 Å². The van der Waals surface area contributed by atoms with Gasteiger partial charge in [0.05, 0.1) is 17.3 Å². The number of carbonyl (C=O) groups excluding carboxylic acids is 1. The van der Waals surface area contributed by atoms with Crippen LogP contribution in [0.15, 0.2) is 71.8 Å². The summed E-state index contributed by atoms with van der Waals surface area (Å²) in [4.78, 5) is 24.3. The highest BCUT2D eigenvalue weighted by Gasteiger charge is 2.13. The Morgan fingerprint density at radius 2 is 1.78 bits per heavy atom. The van der Waals surface area contributed by atoms with Crippen molar-refractivity contribution in [2.45, 2.75) is 6.42 Å². The Morgan fingerprint density at radius 3 is 2.59 bits per heavy atom. The lowest BCUT2D eigenvalue weighted by Crippen LogP contribution is -2.28. The zero-order valence-corrected chi connectivity index (χ0v) is 14.4. The van der Waals surface area contributed by atoms with Gasteiger partial charge in [0.15, 0.2) is 5.69 Å². The van der Waals surface area contributed by atoms with E-state index in [9.17, 15) is 9.59 Å². The van der Waals surface area contributed by atoms with Crippen LogP contribution in [0.3, 0.4) is 0 Å². The van der Waals surface area contributed by atoms with Crippen molar-refractivity contribution in [1.29, 1.82) is 0 Å². The van der Waals surface area contributed by atoms with Crippen LogP contribution in [0.25, 0.3) is 16.5 Å². The molecule has 0 saturated heterocycles. The molecule has 134 valence electrons. The number of nitrogens with zero attached hydrogens (tertiary/aromatic N) is 3. The SMILES string of the molecule is O=C(NCCc1cnn(-c2ccccc2)c1)c1n[nH]c(=O)c2ccccc12. The first-order valence-corrected chi connectivity index (χ1v) is 8.57. The number of hydrogen-bond acceptors (Lipinski definition) is 4. The highest BCUT2D eigenvalue weighted by atomic mass is 16.2. The van der Waals surface area contributed by atoms with E-state index in [4.69, 9.17) is 0 Å². The molecule has 0 aliphatic carbocycles. The van der Waals surface area contributed by atoms with Gasteiger partial charge in [0.1, 0.15) is 0 Å². The monoisotopic (exact) mass is 359 g/mol. The van der Waals surface area contributed by atoms with Gasteiger partial charge in [-0.05, 0) is 30.2 Å². The Labute approximate surface area is 154 Å². The van der Waals surface area contributed by atoms with Crippen LogP contribution in [-0.2, 0) is 6.42 Å². The summed E-state index contributed by atoms with van der Waals surface area (Å²) in [5, 5.41) is 14.5. The van der Waals surface area contributed by atoms with Gasteiger partial charge in [-0.15, -0.1) is 0 Å². The zero-order valence-electron chi connectivity index (χ0n) is 14.4. The zero-order chi connectivity index (χ0) is 18.6. The third-order valence-electron chi connectivity index (χ3n) is 4.27. The normalized spacial score (nSPS) is 10.8. The van der Waals surface area contributed by atoms with Gasteiger partial charge in [0.25, 0.3) is 11.5 Å². The fourth-order valence-electron chi connectivity index (χ4n) is 2.90. The smallest absolute Gasteiger partial charge is 0.272 e. The first-order chi connectivity index (χ1) is 13.2. The van der Waals surface area contributed by atoms with E-state index in [1.807, 2.05) is 36.5 Å². The van der Waals surface area contributed by atoms with Crippen molar-refractivity contribution in [3.05, 3.63) is 88.6 Å². The van der Waals surface area contributed by atoms with Gasteiger partial charge in [-0.3, -0.25) is 9.59 Å². The number of aromatic nitrogens is 4. The molecular formula is C20H17N5O2. The predicted molar refractivity (Wildman–Crippen MR) is 102 cm³/mol. The molecule has 0 unspecified atom stereocenters. The summed E-state index contributed by atoms with van der Waals surface area (Å²) in [5.41, 5.74) is 1.90. The number of nitrogens with one attached hydrogen (secondary N) is 2. The molecule has 0 aliphatic rings. The lowest BCUT2D eigenvalue weighted by Gasteiger charge is -2.06. The summed E-state index contributed by atoms with van der Waals surface area (Å²) >= 11 is 0. The predicted octanol–water partition coefficient (Wildman–Crippen LogP) is 2.08. The lowest BCUT2D eigenvalue weighted by molar-refractivity contribution is 0.0950. The molecule has 2 aromatic heterocycles. The molecule has 7 nitrogen and oxygen atoms in total. The van der Waals surface area contributed by atoms with Gasteiger partial charge in [0.2, 0.25) is 0 Å². The fourth-order valence-corrected chi connectivity index (χ4v) is 2.90. The third-order valence-corrected chi connectivity index (χ3v) is 4.27. The summed E-state index contributed by atoms with van der Waals surface area (Å²) in [6, 6.07) is 16.7. The Morgan fingerprint density at radius 1 is 1.04 bits per heavy atom. The van der Waals surface area contributed by atoms with E-state index < -0.39 is 0 Å². The summed E-state index contributed by atoms with van der Waals surface area (Å²) in [7, 11) is 0. The number of amides is 1. The van der Waals surface area contributed by atoms with E-state index in [-0.39, 0.29) is 17.2 Å². The fraction of sp³-hybridized carbons (Fsp3) is 0.100. The molecule has 0 atom stereocenters. The molecule has 0 bridgehead atoms. The Balaban J connectivity index is 1.43. The average Bonchev–Trinajstić information content (AvgIpc) is 3.18. The number of fused-ring (bicyclic) bond motifs is 1. The average molecular weight is 359 g/mol. The number of para-hydroxylation sites is 1. The van der Waals surface area contributed by atoms with Crippen LogP contribution < -0.4 is 10.9 Å². The molecule has 27 heavy (non-hydrogen) atoms. The molecule has 4 rings (SSSR count). The first kappa shape index (κ1) is 16.7. The van der Waals surface area contributed by atoms with Crippen LogP contribution >= 0.6 is 0 Å². The molecule has 0 saturated carbocycles. The number of H-pyrrole nitrogens is 1. The molecule has 0 radical (unpaired) electrons. The summed E-state index contributed by atoms with van der Waals surface area (Å²) < 4.78 is 1.80.